The second-order valence-electron chi connectivity index (χ2n) is 4.94. The second-order valence-corrected chi connectivity index (χ2v) is 4.94. The van der Waals surface area contributed by atoms with Crippen molar-refractivity contribution in [2.75, 3.05) is 14.2 Å². The standard InChI is InChI=1S/C15H18FNO3/c1-19-13-8-12(14(20-2)7-11(13)9-16)15(17-10-18)5-3-4-6-15/h7-8H,3-6,9H2,1-2H3. The molecule has 1 aliphatic rings. The van der Waals surface area contributed by atoms with Crippen molar-refractivity contribution in [3.05, 3.63) is 23.3 Å². The summed E-state index contributed by atoms with van der Waals surface area (Å²) >= 11 is 0. The molecule has 0 bridgehead atoms. The summed E-state index contributed by atoms with van der Waals surface area (Å²) in [5, 5.41) is 0. The number of nitrogens with zero attached hydrogens (tertiary/aromatic N) is 1. The predicted octanol–water partition coefficient (Wildman–Crippen LogP) is 3.28. The highest BCUT2D eigenvalue weighted by Crippen LogP contribution is 2.47. The highest BCUT2D eigenvalue weighted by molar-refractivity contribution is 5.51. The molecule has 0 radical (unpaired) electrons. The molecule has 1 aliphatic carbocycles. The van der Waals surface area contributed by atoms with Gasteiger partial charge in [0, 0.05) is 11.1 Å². The zero-order valence-electron chi connectivity index (χ0n) is 11.7. The average molecular weight is 279 g/mol. The maximum absolute atomic E-state index is 13.0. The van der Waals surface area contributed by atoms with Gasteiger partial charge in [-0.05, 0) is 25.0 Å². The van der Waals surface area contributed by atoms with Crippen molar-refractivity contribution < 1.29 is 18.7 Å². The Bertz CT molecular complexity index is 532. The van der Waals surface area contributed by atoms with Crippen molar-refractivity contribution in [1.29, 1.82) is 0 Å². The van der Waals surface area contributed by atoms with E-state index in [2.05, 4.69) is 4.99 Å². The minimum atomic E-state index is -0.635. The number of ether oxygens (including phenoxy) is 2. The van der Waals surface area contributed by atoms with E-state index in [-0.39, 0.29) is 0 Å². The molecule has 4 nitrogen and oxygen atoms in total. The van der Waals surface area contributed by atoms with Crippen molar-refractivity contribution in [3.8, 4) is 11.5 Å². The van der Waals surface area contributed by atoms with Crippen LogP contribution in [-0.2, 0) is 17.0 Å². The third-order valence-corrected chi connectivity index (χ3v) is 3.94. The molecule has 0 atom stereocenters. The Labute approximate surface area is 117 Å². The van der Waals surface area contributed by atoms with Gasteiger partial charge in [-0.25, -0.2) is 9.18 Å². The SMILES string of the molecule is COc1cc(C2(N=C=O)CCCC2)c(OC)cc1CF. The predicted molar refractivity (Wildman–Crippen MR) is 72.6 cm³/mol. The van der Waals surface area contributed by atoms with Gasteiger partial charge in [-0.3, -0.25) is 0 Å². The fraction of sp³-hybridized carbons (Fsp3) is 0.533. The number of benzene rings is 1. The van der Waals surface area contributed by atoms with Crippen LogP contribution in [0.2, 0.25) is 0 Å². The first-order chi connectivity index (χ1) is 9.70. The topological polar surface area (TPSA) is 47.9 Å². The number of isocyanates is 1. The van der Waals surface area contributed by atoms with Crippen LogP contribution in [0.5, 0.6) is 11.5 Å². The van der Waals surface area contributed by atoms with Gasteiger partial charge in [-0.2, -0.15) is 4.99 Å². The van der Waals surface area contributed by atoms with E-state index in [1.54, 1.807) is 18.2 Å². The van der Waals surface area contributed by atoms with Crippen LogP contribution in [0.25, 0.3) is 0 Å². The quantitative estimate of drug-likeness (QED) is 0.614. The fourth-order valence-electron chi connectivity index (χ4n) is 2.92. The molecule has 2 rings (SSSR count). The lowest BCUT2D eigenvalue weighted by Gasteiger charge is -2.26. The highest BCUT2D eigenvalue weighted by atomic mass is 19.1. The Balaban J connectivity index is 2.61. The lowest BCUT2D eigenvalue weighted by atomic mass is 9.87. The molecule has 0 spiro atoms. The van der Waals surface area contributed by atoms with E-state index >= 15 is 0 Å². The molecule has 5 heteroatoms. The number of carbonyl (C=O) groups excluding carboxylic acids is 1. The Morgan fingerprint density at radius 1 is 1.25 bits per heavy atom. The van der Waals surface area contributed by atoms with E-state index in [9.17, 15) is 9.18 Å². The molecule has 1 saturated carbocycles. The van der Waals surface area contributed by atoms with Crippen molar-refractivity contribution in [1.82, 2.24) is 0 Å². The Hall–Kier alpha value is -1.87. The minimum absolute atomic E-state index is 0.427. The first kappa shape index (κ1) is 14.5. The first-order valence-electron chi connectivity index (χ1n) is 6.61. The van der Waals surface area contributed by atoms with E-state index in [0.717, 1.165) is 31.2 Å². The summed E-state index contributed by atoms with van der Waals surface area (Å²) in [7, 11) is 3.02. The second kappa shape index (κ2) is 6.06. The summed E-state index contributed by atoms with van der Waals surface area (Å²) in [6.45, 7) is -0.635. The van der Waals surface area contributed by atoms with Gasteiger partial charge < -0.3 is 9.47 Å². The summed E-state index contributed by atoms with van der Waals surface area (Å²) in [5.41, 5.74) is 0.584. The van der Waals surface area contributed by atoms with Gasteiger partial charge in [-0.1, -0.05) is 12.8 Å². The van der Waals surface area contributed by atoms with Crippen molar-refractivity contribution in [3.63, 3.8) is 0 Å². The molecular formula is C15H18FNO3. The number of halogens is 1. The zero-order valence-corrected chi connectivity index (χ0v) is 11.7. The molecular weight excluding hydrogens is 261 g/mol. The first-order valence-corrected chi connectivity index (χ1v) is 6.61. The number of hydrogen-bond acceptors (Lipinski definition) is 4. The maximum Gasteiger partial charge on any atom is 0.235 e. The van der Waals surface area contributed by atoms with Gasteiger partial charge in [-0.15, -0.1) is 0 Å². The van der Waals surface area contributed by atoms with Crippen LogP contribution < -0.4 is 9.47 Å². The number of rotatable bonds is 5. The molecule has 0 heterocycles. The average Bonchev–Trinajstić information content (AvgIpc) is 2.95. The Morgan fingerprint density at radius 2 is 1.90 bits per heavy atom. The van der Waals surface area contributed by atoms with Crippen molar-refractivity contribution in [2.45, 2.75) is 37.9 Å². The maximum atomic E-state index is 13.0. The van der Waals surface area contributed by atoms with Gasteiger partial charge >= 0.3 is 0 Å². The summed E-state index contributed by atoms with van der Waals surface area (Å²) in [5.74, 6) is 0.995. The normalized spacial score (nSPS) is 16.6. The van der Waals surface area contributed by atoms with Gasteiger partial charge in [0.25, 0.3) is 0 Å². The Morgan fingerprint density at radius 3 is 2.40 bits per heavy atom. The van der Waals surface area contributed by atoms with Crippen LogP contribution in [0.15, 0.2) is 17.1 Å². The number of aliphatic imine (C=N–C) groups is 1. The van der Waals surface area contributed by atoms with Crippen LogP contribution in [0, 0.1) is 0 Å². The molecule has 0 unspecified atom stereocenters. The number of alkyl halides is 1. The van der Waals surface area contributed by atoms with Gasteiger partial charge in [0.05, 0.1) is 14.2 Å². The molecule has 1 aromatic carbocycles. The van der Waals surface area contributed by atoms with Crippen molar-refractivity contribution in [2.24, 2.45) is 4.99 Å². The van der Waals surface area contributed by atoms with Crippen molar-refractivity contribution >= 4 is 6.08 Å². The molecule has 0 aliphatic heterocycles. The molecule has 0 aromatic heterocycles. The number of hydrogen-bond donors (Lipinski definition) is 0. The van der Waals surface area contributed by atoms with Crippen LogP contribution in [0.1, 0.15) is 36.8 Å². The van der Waals surface area contributed by atoms with E-state index in [1.165, 1.54) is 14.2 Å². The van der Waals surface area contributed by atoms with Crippen LogP contribution in [0.3, 0.4) is 0 Å². The minimum Gasteiger partial charge on any atom is -0.496 e. The molecule has 20 heavy (non-hydrogen) atoms. The lowest BCUT2D eigenvalue weighted by Crippen LogP contribution is -2.20. The largest absolute Gasteiger partial charge is 0.496 e. The third kappa shape index (κ3) is 2.41. The van der Waals surface area contributed by atoms with E-state index in [1.807, 2.05) is 0 Å². The third-order valence-electron chi connectivity index (χ3n) is 3.94. The molecule has 108 valence electrons. The summed E-state index contributed by atoms with van der Waals surface area (Å²) in [4.78, 5) is 14.8. The van der Waals surface area contributed by atoms with Gasteiger partial charge in [0.15, 0.2) is 0 Å². The lowest BCUT2D eigenvalue weighted by molar-refractivity contribution is 0.363. The number of methoxy groups -OCH3 is 2. The molecule has 1 aromatic rings. The molecule has 1 fully saturated rings. The molecule has 0 saturated heterocycles. The summed E-state index contributed by atoms with van der Waals surface area (Å²) in [6, 6.07) is 3.36. The highest BCUT2D eigenvalue weighted by Gasteiger charge is 2.38. The van der Waals surface area contributed by atoms with Crippen LogP contribution in [-0.4, -0.2) is 20.3 Å². The fourth-order valence-corrected chi connectivity index (χ4v) is 2.92. The smallest absolute Gasteiger partial charge is 0.235 e. The summed E-state index contributed by atoms with van der Waals surface area (Å²) in [6.07, 6.45) is 5.17. The van der Waals surface area contributed by atoms with E-state index in [0.29, 0.717) is 17.1 Å². The summed E-state index contributed by atoms with van der Waals surface area (Å²) < 4.78 is 23.6. The van der Waals surface area contributed by atoms with Crippen LogP contribution >= 0.6 is 0 Å². The molecule has 0 N–H and O–H groups in total. The van der Waals surface area contributed by atoms with Gasteiger partial charge in [0.2, 0.25) is 6.08 Å². The molecule has 0 amide bonds. The van der Waals surface area contributed by atoms with E-state index in [4.69, 9.17) is 9.47 Å². The van der Waals surface area contributed by atoms with Crippen LogP contribution in [0.4, 0.5) is 4.39 Å². The van der Waals surface area contributed by atoms with E-state index < -0.39 is 12.2 Å². The monoisotopic (exact) mass is 279 g/mol. The Kier molecular flexibility index (Phi) is 4.40. The van der Waals surface area contributed by atoms with Gasteiger partial charge in [0.1, 0.15) is 23.7 Å². The zero-order chi connectivity index (χ0) is 14.6.